The van der Waals surface area contributed by atoms with Crippen LogP contribution in [0.3, 0.4) is 0 Å². The number of nitrogens with zero attached hydrogens (tertiary/aromatic N) is 1. The van der Waals surface area contributed by atoms with E-state index in [1.165, 1.54) is 11.8 Å². The average molecular weight is 394 g/mol. The van der Waals surface area contributed by atoms with Gasteiger partial charge in [0.2, 0.25) is 11.8 Å². The molecule has 128 valence electrons. The maximum absolute atomic E-state index is 12.5. The first kappa shape index (κ1) is 17.8. The third-order valence-electron chi connectivity index (χ3n) is 3.28. The molecule has 0 saturated carbocycles. The van der Waals surface area contributed by atoms with Gasteiger partial charge in [-0.15, -0.1) is 0 Å². The number of hydrogen-bond donors (Lipinski definition) is 2. The quantitative estimate of drug-likeness (QED) is 0.818. The third kappa shape index (κ3) is 4.98. The highest BCUT2D eigenvalue weighted by Crippen LogP contribution is 2.26. The summed E-state index contributed by atoms with van der Waals surface area (Å²) in [5.41, 5.74) is 1.18. The second kappa shape index (κ2) is 7.91. The summed E-state index contributed by atoms with van der Waals surface area (Å²) >= 11 is 13.1. The molecule has 25 heavy (non-hydrogen) atoms. The normalized spacial score (nSPS) is 18.7. The van der Waals surface area contributed by atoms with Gasteiger partial charge in [-0.1, -0.05) is 53.2 Å². The molecule has 1 aliphatic rings. The van der Waals surface area contributed by atoms with Crippen LogP contribution >= 0.6 is 35.0 Å². The van der Waals surface area contributed by atoms with E-state index >= 15 is 0 Å². The van der Waals surface area contributed by atoms with E-state index in [1.807, 2.05) is 30.3 Å². The van der Waals surface area contributed by atoms with Gasteiger partial charge in [-0.25, -0.2) is 4.99 Å². The summed E-state index contributed by atoms with van der Waals surface area (Å²) in [6, 6.07) is 14.0. The molecule has 0 aromatic heterocycles. The van der Waals surface area contributed by atoms with Crippen LogP contribution in [-0.4, -0.2) is 22.2 Å². The fraction of sp³-hybridized carbons (Fsp3) is 0.118. The summed E-state index contributed by atoms with van der Waals surface area (Å²) in [5, 5.41) is 6.06. The van der Waals surface area contributed by atoms with Crippen molar-refractivity contribution < 1.29 is 9.59 Å². The first-order valence-electron chi connectivity index (χ1n) is 7.37. The molecule has 5 nitrogen and oxygen atoms in total. The van der Waals surface area contributed by atoms with Crippen LogP contribution in [0.15, 0.2) is 53.5 Å². The molecule has 0 radical (unpaired) electrons. The van der Waals surface area contributed by atoms with Crippen LogP contribution in [-0.2, 0) is 9.59 Å². The van der Waals surface area contributed by atoms with E-state index in [0.717, 1.165) is 0 Å². The van der Waals surface area contributed by atoms with Crippen molar-refractivity contribution in [3.05, 3.63) is 58.6 Å². The van der Waals surface area contributed by atoms with E-state index in [2.05, 4.69) is 15.6 Å². The molecule has 8 heteroatoms. The molecule has 1 saturated heterocycles. The number of anilines is 1. The van der Waals surface area contributed by atoms with Gasteiger partial charge in [-0.2, -0.15) is 0 Å². The Morgan fingerprint density at radius 1 is 1.16 bits per heavy atom. The fourth-order valence-electron chi connectivity index (χ4n) is 2.21. The third-order valence-corrected chi connectivity index (χ3v) is 4.80. The lowest BCUT2D eigenvalue weighted by molar-refractivity contribution is -0.123. The predicted molar refractivity (Wildman–Crippen MR) is 103 cm³/mol. The largest absolute Gasteiger partial charge is 0.325 e. The molecule has 1 aliphatic heterocycles. The van der Waals surface area contributed by atoms with Gasteiger partial charge in [0, 0.05) is 22.2 Å². The summed E-state index contributed by atoms with van der Waals surface area (Å²) in [7, 11) is 0. The number of thioether (sulfide) groups is 1. The van der Waals surface area contributed by atoms with Crippen LogP contribution in [0.2, 0.25) is 10.0 Å². The molecule has 2 aromatic carbocycles. The van der Waals surface area contributed by atoms with Gasteiger partial charge in [-0.05, 0) is 30.3 Å². The number of hydrogen-bond acceptors (Lipinski definition) is 4. The Labute approximate surface area is 158 Å². The maximum atomic E-state index is 12.5. The average Bonchev–Trinajstić information content (AvgIpc) is 2.54. The van der Waals surface area contributed by atoms with Crippen LogP contribution < -0.4 is 10.6 Å². The first-order valence-corrected chi connectivity index (χ1v) is 9.00. The number of amides is 2. The summed E-state index contributed by atoms with van der Waals surface area (Å²) < 4.78 is 0. The van der Waals surface area contributed by atoms with Gasteiger partial charge >= 0.3 is 0 Å². The predicted octanol–water partition coefficient (Wildman–Crippen LogP) is 4.24. The van der Waals surface area contributed by atoms with E-state index in [1.54, 1.807) is 18.2 Å². The lowest BCUT2D eigenvalue weighted by Crippen LogP contribution is -2.41. The minimum atomic E-state index is -0.589. The summed E-state index contributed by atoms with van der Waals surface area (Å²) in [6.45, 7) is 0. The van der Waals surface area contributed by atoms with Crippen molar-refractivity contribution in [2.75, 3.05) is 5.32 Å². The van der Waals surface area contributed by atoms with Crippen molar-refractivity contribution in [3.63, 3.8) is 0 Å². The Balaban J connectivity index is 1.73. The summed E-state index contributed by atoms with van der Waals surface area (Å²) in [4.78, 5) is 28.8. The number of rotatable bonds is 3. The van der Waals surface area contributed by atoms with Crippen LogP contribution in [0.5, 0.6) is 0 Å². The van der Waals surface area contributed by atoms with Crippen molar-refractivity contribution >= 4 is 63.3 Å². The number of para-hydroxylation sites is 1. The number of carbonyl (C=O) groups is 2. The zero-order valence-corrected chi connectivity index (χ0v) is 15.2. The van der Waals surface area contributed by atoms with Gasteiger partial charge in [0.05, 0.1) is 5.69 Å². The van der Waals surface area contributed by atoms with Gasteiger partial charge in [0.25, 0.3) is 0 Å². The number of halogens is 2. The summed E-state index contributed by atoms with van der Waals surface area (Å²) in [5.74, 6) is -0.559. The first-order chi connectivity index (χ1) is 12.0. The van der Waals surface area contributed by atoms with Crippen molar-refractivity contribution in [2.45, 2.75) is 11.7 Å². The number of benzene rings is 2. The van der Waals surface area contributed by atoms with Crippen molar-refractivity contribution in [3.8, 4) is 0 Å². The van der Waals surface area contributed by atoms with E-state index in [0.29, 0.717) is 26.6 Å². The molecule has 3 rings (SSSR count). The Kier molecular flexibility index (Phi) is 5.63. The molecule has 2 N–H and O–H groups in total. The number of aliphatic imine (C=N–C) groups is 1. The molecule has 1 unspecified atom stereocenters. The second-order valence-corrected chi connectivity index (χ2v) is 7.32. The number of amidine groups is 1. The zero-order chi connectivity index (χ0) is 17.8. The summed E-state index contributed by atoms with van der Waals surface area (Å²) in [6.07, 6.45) is 0.0681. The SMILES string of the molecule is O=C1CC(C(=O)Nc2cc(Cl)cc(Cl)c2)SC(=Nc2ccccc2)N1. The monoisotopic (exact) mass is 393 g/mol. The lowest BCUT2D eigenvalue weighted by atomic mass is 10.2. The van der Waals surface area contributed by atoms with E-state index in [9.17, 15) is 9.59 Å². The standard InChI is InChI=1S/C17H13Cl2N3O2S/c18-10-6-11(19)8-13(7-10)20-16(24)14-9-15(23)22-17(25-14)21-12-4-2-1-3-5-12/h1-8,14H,9H2,(H,20,24)(H,21,22,23). The highest BCUT2D eigenvalue weighted by molar-refractivity contribution is 8.15. The Morgan fingerprint density at radius 3 is 2.52 bits per heavy atom. The molecule has 1 atom stereocenters. The Hall–Kier alpha value is -2.02. The molecular formula is C17H13Cl2N3O2S. The highest BCUT2D eigenvalue weighted by Gasteiger charge is 2.30. The van der Waals surface area contributed by atoms with Gasteiger partial charge in [0.15, 0.2) is 5.17 Å². The molecule has 1 heterocycles. The number of nitrogens with one attached hydrogen (secondary N) is 2. The van der Waals surface area contributed by atoms with E-state index in [-0.39, 0.29) is 18.2 Å². The van der Waals surface area contributed by atoms with Gasteiger partial charge in [-0.3, -0.25) is 9.59 Å². The van der Waals surface area contributed by atoms with Crippen LogP contribution in [0.1, 0.15) is 6.42 Å². The van der Waals surface area contributed by atoms with Crippen molar-refractivity contribution in [2.24, 2.45) is 4.99 Å². The fourth-order valence-corrected chi connectivity index (χ4v) is 3.74. The number of carbonyl (C=O) groups excluding carboxylic acids is 2. The van der Waals surface area contributed by atoms with E-state index in [4.69, 9.17) is 23.2 Å². The Bertz CT molecular complexity index is 823. The van der Waals surface area contributed by atoms with Gasteiger partial charge in [0.1, 0.15) is 5.25 Å². The molecule has 1 fully saturated rings. The molecule has 2 amide bonds. The highest BCUT2D eigenvalue weighted by atomic mass is 35.5. The second-order valence-electron chi connectivity index (χ2n) is 5.26. The van der Waals surface area contributed by atoms with Crippen molar-refractivity contribution in [1.82, 2.24) is 5.32 Å². The van der Waals surface area contributed by atoms with Crippen LogP contribution in [0, 0.1) is 0 Å². The molecule has 2 aromatic rings. The molecular weight excluding hydrogens is 381 g/mol. The maximum Gasteiger partial charge on any atom is 0.238 e. The minimum Gasteiger partial charge on any atom is -0.325 e. The molecule has 0 bridgehead atoms. The zero-order valence-electron chi connectivity index (χ0n) is 12.8. The topological polar surface area (TPSA) is 70.6 Å². The van der Waals surface area contributed by atoms with E-state index < -0.39 is 5.25 Å². The molecule has 0 spiro atoms. The van der Waals surface area contributed by atoms with Crippen LogP contribution in [0.4, 0.5) is 11.4 Å². The van der Waals surface area contributed by atoms with Crippen molar-refractivity contribution in [1.29, 1.82) is 0 Å². The lowest BCUT2D eigenvalue weighted by Gasteiger charge is -2.22. The van der Waals surface area contributed by atoms with Crippen LogP contribution in [0.25, 0.3) is 0 Å². The van der Waals surface area contributed by atoms with Gasteiger partial charge < -0.3 is 10.6 Å². The molecule has 0 aliphatic carbocycles. The smallest absolute Gasteiger partial charge is 0.238 e. The Morgan fingerprint density at radius 2 is 1.84 bits per heavy atom. The minimum absolute atomic E-state index is 0.0681.